The van der Waals surface area contributed by atoms with E-state index in [0.29, 0.717) is 5.56 Å². The fraction of sp³-hybridized carbons (Fsp3) is 0.250. The Labute approximate surface area is 134 Å². The maximum absolute atomic E-state index is 12.3. The molecule has 0 radical (unpaired) electrons. The molecule has 122 valence electrons. The number of aryl methyl sites for hydroxylation is 1. The van der Waals surface area contributed by atoms with Crippen molar-refractivity contribution >= 4 is 15.5 Å². The SMILES string of the molecule is Cc1ccccc1CS(=O)(=O)CC(O)c1cccc([N+](=O)[O-])c1. The summed E-state index contributed by atoms with van der Waals surface area (Å²) in [6, 6.07) is 12.5. The summed E-state index contributed by atoms with van der Waals surface area (Å²) in [5.41, 5.74) is 1.57. The predicted molar refractivity (Wildman–Crippen MR) is 86.7 cm³/mol. The van der Waals surface area contributed by atoms with Gasteiger partial charge in [-0.05, 0) is 23.6 Å². The van der Waals surface area contributed by atoms with Crippen LogP contribution >= 0.6 is 0 Å². The van der Waals surface area contributed by atoms with Gasteiger partial charge in [0, 0.05) is 12.1 Å². The van der Waals surface area contributed by atoms with E-state index in [4.69, 9.17) is 0 Å². The number of non-ortho nitro benzene ring substituents is 1. The lowest BCUT2D eigenvalue weighted by Gasteiger charge is -2.12. The molecule has 1 N–H and O–H groups in total. The molecule has 2 aromatic rings. The van der Waals surface area contributed by atoms with Crippen LogP contribution in [0.4, 0.5) is 5.69 Å². The average molecular weight is 335 g/mol. The van der Waals surface area contributed by atoms with Crippen LogP contribution in [0, 0.1) is 17.0 Å². The second kappa shape index (κ2) is 6.89. The van der Waals surface area contributed by atoms with E-state index in [2.05, 4.69) is 0 Å². The molecule has 1 atom stereocenters. The van der Waals surface area contributed by atoms with Gasteiger partial charge < -0.3 is 5.11 Å². The third-order valence-electron chi connectivity index (χ3n) is 3.51. The molecule has 1 unspecified atom stereocenters. The second-order valence-corrected chi connectivity index (χ2v) is 7.46. The molecule has 0 heterocycles. The number of nitrogens with zero attached hydrogens (tertiary/aromatic N) is 1. The van der Waals surface area contributed by atoms with Crippen molar-refractivity contribution in [2.24, 2.45) is 0 Å². The van der Waals surface area contributed by atoms with Gasteiger partial charge >= 0.3 is 0 Å². The van der Waals surface area contributed by atoms with Crippen molar-refractivity contribution in [1.29, 1.82) is 0 Å². The highest BCUT2D eigenvalue weighted by Gasteiger charge is 2.21. The average Bonchev–Trinajstić information content (AvgIpc) is 2.49. The summed E-state index contributed by atoms with van der Waals surface area (Å²) in [6.45, 7) is 1.82. The van der Waals surface area contributed by atoms with Gasteiger partial charge in [0.15, 0.2) is 9.84 Å². The summed E-state index contributed by atoms with van der Waals surface area (Å²) in [6.07, 6.45) is -1.30. The van der Waals surface area contributed by atoms with Crippen LogP contribution in [0.2, 0.25) is 0 Å². The van der Waals surface area contributed by atoms with Gasteiger partial charge in [-0.3, -0.25) is 10.1 Å². The van der Waals surface area contributed by atoms with Crippen molar-refractivity contribution in [1.82, 2.24) is 0 Å². The number of nitro benzene ring substituents is 1. The van der Waals surface area contributed by atoms with Crippen molar-refractivity contribution in [3.05, 3.63) is 75.3 Å². The van der Waals surface area contributed by atoms with Crippen molar-refractivity contribution in [2.75, 3.05) is 5.75 Å². The first-order valence-electron chi connectivity index (χ1n) is 6.96. The summed E-state index contributed by atoms with van der Waals surface area (Å²) in [7, 11) is -3.56. The first-order valence-corrected chi connectivity index (χ1v) is 8.78. The molecule has 0 saturated carbocycles. The molecule has 2 rings (SSSR count). The van der Waals surface area contributed by atoms with Crippen LogP contribution < -0.4 is 0 Å². The molecule has 2 aromatic carbocycles. The van der Waals surface area contributed by atoms with Crippen LogP contribution in [0.3, 0.4) is 0 Å². The van der Waals surface area contributed by atoms with Crippen molar-refractivity contribution in [2.45, 2.75) is 18.8 Å². The quantitative estimate of drug-likeness (QED) is 0.646. The fourth-order valence-electron chi connectivity index (χ4n) is 2.25. The summed E-state index contributed by atoms with van der Waals surface area (Å²) in [5.74, 6) is -0.659. The number of hydrogen-bond acceptors (Lipinski definition) is 5. The summed E-state index contributed by atoms with van der Waals surface area (Å²) < 4.78 is 24.5. The lowest BCUT2D eigenvalue weighted by atomic mass is 10.1. The molecule has 7 heteroatoms. The highest BCUT2D eigenvalue weighted by Crippen LogP contribution is 2.22. The minimum Gasteiger partial charge on any atom is -0.387 e. The molecule has 0 aliphatic heterocycles. The molecule has 23 heavy (non-hydrogen) atoms. The van der Waals surface area contributed by atoms with Crippen LogP contribution in [0.25, 0.3) is 0 Å². The molecule has 0 fully saturated rings. The number of hydrogen-bond donors (Lipinski definition) is 1. The van der Waals surface area contributed by atoms with E-state index in [1.807, 2.05) is 19.1 Å². The zero-order valence-electron chi connectivity index (χ0n) is 12.5. The molecule has 6 nitrogen and oxygen atoms in total. The molecule has 0 aromatic heterocycles. The first kappa shape index (κ1) is 17.1. The predicted octanol–water partition coefficient (Wildman–Crippen LogP) is 2.55. The van der Waals surface area contributed by atoms with E-state index in [0.717, 1.165) is 5.56 Å². The Balaban J connectivity index is 2.15. The number of nitro groups is 1. The van der Waals surface area contributed by atoms with Gasteiger partial charge in [0.25, 0.3) is 5.69 Å². The number of sulfone groups is 1. The van der Waals surface area contributed by atoms with E-state index in [1.54, 1.807) is 12.1 Å². The first-order chi connectivity index (χ1) is 10.8. The fourth-order valence-corrected chi connectivity index (χ4v) is 3.84. The lowest BCUT2D eigenvalue weighted by molar-refractivity contribution is -0.385. The van der Waals surface area contributed by atoms with Crippen molar-refractivity contribution < 1.29 is 18.4 Å². The Morgan fingerprint density at radius 1 is 1.17 bits per heavy atom. The van der Waals surface area contributed by atoms with Crippen LogP contribution in [-0.2, 0) is 15.6 Å². The van der Waals surface area contributed by atoms with Gasteiger partial charge in [-0.2, -0.15) is 0 Å². The zero-order chi connectivity index (χ0) is 17.0. The minimum atomic E-state index is -3.56. The molecule has 0 bridgehead atoms. The zero-order valence-corrected chi connectivity index (χ0v) is 13.4. The van der Waals surface area contributed by atoms with E-state index in [9.17, 15) is 23.6 Å². The molecule has 0 aliphatic carbocycles. The monoisotopic (exact) mass is 335 g/mol. The Morgan fingerprint density at radius 3 is 2.52 bits per heavy atom. The molecule has 0 spiro atoms. The van der Waals surface area contributed by atoms with Gasteiger partial charge in [0.2, 0.25) is 0 Å². The highest BCUT2D eigenvalue weighted by molar-refractivity contribution is 7.90. The Morgan fingerprint density at radius 2 is 1.87 bits per heavy atom. The van der Waals surface area contributed by atoms with E-state index in [-0.39, 0.29) is 17.0 Å². The van der Waals surface area contributed by atoms with Crippen molar-refractivity contribution in [3.8, 4) is 0 Å². The molecule has 0 saturated heterocycles. The Bertz CT molecular complexity index is 817. The van der Waals surface area contributed by atoms with Crippen molar-refractivity contribution in [3.63, 3.8) is 0 Å². The second-order valence-electron chi connectivity index (χ2n) is 5.35. The standard InChI is InChI=1S/C16H17NO5S/c1-12-5-2-3-6-14(12)10-23(21,22)11-16(18)13-7-4-8-15(9-13)17(19)20/h2-9,16,18H,10-11H2,1H3. The van der Waals surface area contributed by atoms with Gasteiger partial charge in [-0.25, -0.2) is 8.42 Å². The molecule has 0 amide bonds. The summed E-state index contributed by atoms with van der Waals surface area (Å²) >= 11 is 0. The number of benzene rings is 2. The van der Waals surface area contributed by atoms with Crippen LogP contribution in [0.5, 0.6) is 0 Å². The van der Waals surface area contributed by atoms with Gasteiger partial charge in [-0.15, -0.1) is 0 Å². The largest absolute Gasteiger partial charge is 0.387 e. The Hall–Kier alpha value is -2.25. The van der Waals surface area contributed by atoms with E-state index >= 15 is 0 Å². The third kappa shape index (κ3) is 4.61. The summed E-state index contributed by atoms with van der Waals surface area (Å²) in [5, 5.41) is 20.9. The van der Waals surface area contributed by atoms with Gasteiger partial charge in [0.05, 0.1) is 22.5 Å². The van der Waals surface area contributed by atoms with Crippen LogP contribution in [0.15, 0.2) is 48.5 Å². The maximum atomic E-state index is 12.3. The van der Waals surface area contributed by atoms with Gasteiger partial charge in [-0.1, -0.05) is 36.4 Å². The highest BCUT2D eigenvalue weighted by atomic mass is 32.2. The molecular formula is C16H17NO5S. The summed E-state index contributed by atoms with van der Waals surface area (Å²) in [4.78, 5) is 10.2. The maximum Gasteiger partial charge on any atom is 0.269 e. The third-order valence-corrected chi connectivity index (χ3v) is 5.09. The van der Waals surface area contributed by atoms with E-state index < -0.39 is 26.6 Å². The van der Waals surface area contributed by atoms with Gasteiger partial charge in [0.1, 0.15) is 0 Å². The topological polar surface area (TPSA) is 97.5 Å². The molecular weight excluding hydrogens is 318 g/mol. The smallest absolute Gasteiger partial charge is 0.269 e. The van der Waals surface area contributed by atoms with E-state index in [1.165, 1.54) is 24.3 Å². The lowest BCUT2D eigenvalue weighted by Crippen LogP contribution is -2.17. The number of aliphatic hydroxyl groups excluding tert-OH is 1. The van der Waals surface area contributed by atoms with Crippen LogP contribution in [0.1, 0.15) is 22.8 Å². The normalized spacial score (nSPS) is 12.8. The molecule has 0 aliphatic rings. The number of rotatable bonds is 6. The Kier molecular flexibility index (Phi) is 5.12. The van der Waals surface area contributed by atoms with Crippen LogP contribution in [-0.4, -0.2) is 24.2 Å². The minimum absolute atomic E-state index is 0.175. The number of aliphatic hydroxyl groups is 1.